The van der Waals surface area contributed by atoms with Crippen molar-refractivity contribution in [1.82, 2.24) is 15.2 Å². The van der Waals surface area contributed by atoms with E-state index < -0.39 is 0 Å². The van der Waals surface area contributed by atoms with Gasteiger partial charge in [0.25, 0.3) is 0 Å². The number of likely N-dealkylation sites (N-methyl/N-ethyl adjacent to an activating group) is 1. The fourth-order valence-electron chi connectivity index (χ4n) is 3.09. The SMILES string of the molecule is CCOC1CN(C)CC1NC(=O)Nc1ccc(OCc2ccccn2)cc1. The van der Waals surface area contributed by atoms with Crippen molar-refractivity contribution >= 4 is 11.7 Å². The van der Waals surface area contributed by atoms with Crippen molar-refractivity contribution in [3.63, 3.8) is 0 Å². The van der Waals surface area contributed by atoms with Crippen LogP contribution in [0.5, 0.6) is 5.75 Å². The van der Waals surface area contributed by atoms with Crippen LogP contribution in [0.3, 0.4) is 0 Å². The maximum absolute atomic E-state index is 12.3. The van der Waals surface area contributed by atoms with Crippen LogP contribution in [0.1, 0.15) is 12.6 Å². The Labute approximate surface area is 159 Å². The second-order valence-corrected chi connectivity index (χ2v) is 6.55. The molecular weight excluding hydrogens is 344 g/mol. The molecule has 144 valence electrons. The minimum atomic E-state index is -0.234. The maximum atomic E-state index is 12.3. The quantitative estimate of drug-likeness (QED) is 0.783. The van der Waals surface area contributed by atoms with E-state index in [0.29, 0.717) is 18.9 Å². The minimum absolute atomic E-state index is 0.0177. The Hall–Kier alpha value is -2.64. The minimum Gasteiger partial charge on any atom is -0.487 e. The van der Waals surface area contributed by atoms with Crippen LogP contribution in [0, 0.1) is 0 Å². The highest BCUT2D eigenvalue weighted by Gasteiger charge is 2.32. The lowest BCUT2D eigenvalue weighted by Gasteiger charge is -2.20. The van der Waals surface area contributed by atoms with Gasteiger partial charge in [0.1, 0.15) is 12.4 Å². The predicted octanol–water partition coefficient (Wildman–Crippen LogP) is 2.50. The van der Waals surface area contributed by atoms with Gasteiger partial charge in [0.05, 0.1) is 17.8 Å². The van der Waals surface area contributed by atoms with Gasteiger partial charge in [0, 0.05) is 31.6 Å². The topological polar surface area (TPSA) is 75.7 Å². The number of aromatic nitrogens is 1. The summed E-state index contributed by atoms with van der Waals surface area (Å²) in [5, 5.41) is 5.85. The molecule has 0 radical (unpaired) electrons. The van der Waals surface area contributed by atoms with Crippen molar-refractivity contribution in [2.75, 3.05) is 32.1 Å². The summed E-state index contributed by atoms with van der Waals surface area (Å²) >= 11 is 0. The van der Waals surface area contributed by atoms with Gasteiger partial charge in [-0.15, -0.1) is 0 Å². The molecule has 1 aromatic heterocycles. The van der Waals surface area contributed by atoms with Crippen molar-refractivity contribution in [3.8, 4) is 5.75 Å². The third-order valence-corrected chi connectivity index (χ3v) is 4.37. The highest BCUT2D eigenvalue weighted by atomic mass is 16.5. The first-order valence-electron chi connectivity index (χ1n) is 9.14. The van der Waals surface area contributed by atoms with Crippen molar-refractivity contribution in [2.45, 2.75) is 25.7 Å². The van der Waals surface area contributed by atoms with Crippen LogP contribution in [-0.4, -0.2) is 54.8 Å². The highest BCUT2D eigenvalue weighted by Crippen LogP contribution is 2.17. The summed E-state index contributed by atoms with van der Waals surface area (Å²) in [5.74, 6) is 0.723. The number of carbonyl (C=O) groups excluding carboxylic acids is 1. The number of ether oxygens (including phenoxy) is 2. The number of rotatable bonds is 7. The van der Waals surface area contributed by atoms with Crippen molar-refractivity contribution in [2.24, 2.45) is 0 Å². The standard InChI is InChI=1S/C20H26N4O3/c1-3-26-19-13-24(2)12-18(19)23-20(25)22-15-7-9-17(10-8-15)27-14-16-6-4-5-11-21-16/h4-11,18-19H,3,12-14H2,1-2H3,(H2,22,23,25). The molecule has 3 rings (SSSR count). The highest BCUT2D eigenvalue weighted by molar-refractivity contribution is 5.89. The van der Waals surface area contributed by atoms with Crippen molar-refractivity contribution in [3.05, 3.63) is 54.4 Å². The van der Waals surface area contributed by atoms with E-state index in [-0.39, 0.29) is 18.2 Å². The van der Waals surface area contributed by atoms with E-state index in [1.165, 1.54) is 0 Å². The molecule has 7 heteroatoms. The molecule has 2 heterocycles. The number of benzene rings is 1. The Morgan fingerprint density at radius 2 is 2.04 bits per heavy atom. The summed E-state index contributed by atoms with van der Waals surface area (Å²) in [6.07, 6.45) is 1.76. The molecule has 2 N–H and O–H groups in total. The number of anilines is 1. The lowest BCUT2D eigenvalue weighted by Crippen LogP contribution is -2.45. The van der Waals surface area contributed by atoms with Crippen molar-refractivity contribution in [1.29, 1.82) is 0 Å². The average Bonchev–Trinajstić information content (AvgIpc) is 3.01. The van der Waals surface area contributed by atoms with E-state index in [9.17, 15) is 4.79 Å². The first-order chi connectivity index (χ1) is 13.1. The summed E-state index contributed by atoms with van der Waals surface area (Å²) in [5.41, 5.74) is 1.57. The normalized spacial score (nSPS) is 19.6. The van der Waals surface area contributed by atoms with Crippen LogP contribution in [0.4, 0.5) is 10.5 Å². The molecule has 1 aliphatic rings. The molecule has 2 aromatic rings. The Balaban J connectivity index is 1.48. The molecule has 0 spiro atoms. The van der Waals surface area contributed by atoms with Crippen molar-refractivity contribution < 1.29 is 14.3 Å². The predicted molar refractivity (Wildman–Crippen MR) is 104 cm³/mol. The van der Waals surface area contributed by atoms with Crippen LogP contribution < -0.4 is 15.4 Å². The number of nitrogens with zero attached hydrogens (tertiary/aromatic N) is 2. The molecule has 1 aliphatic heterocycles. The summed E-state index contributed by atoms with van der Waals surface area (Å²) in [4.78, 5) is 18.7. The molecule has 2 amide bonds. The van der Waals surface area contributed by atoms with Gasteiger partial charge in [-0.05, 0) is 50.4 Å². The Kier molecular flexibility index (Phi) is 6.62. The third-order valence-electron chi connectivity index (χ3n) is 4.37. The Morgan fingerprint density at radius 1 is 1.22 bits per heavy atom. The summed E-state index contributed by atoms with van der Waals surface area (Å²) in [6.45, 7) is 4.60. The number of carbonyl (C=O) groups is 1. The van der Waals surface area contributed by atoms with Crippen LogP contribution in [0.15, 0.2) is 48.7 Å². The van der Waals surface area contributed by atoms with E-state index in [1.807, 2.05) is 56.4 Å². The van der Waals surface area contributed by atoms with Gasteiger partial charge in [0.15, 0.2) is 0 Å². The number of nitrogens with one attached hydrogen (secondary N) is 2. The van der Waals surface area contributed by atoms with Gasteiger partial charge in [-0.1, -0.05) is 6.07 Å². The maximum Gasteiger partial charge on any atom is 0.319 e. The molecular formula is C20H26N4O3. The number of amides is 2. The zero-order chi connectivity index (χ0) is 19.1. The van der Waals surface area contributed by atoms with Gasteiger partial charge in [-0.3, -0.25) is 4.98 Å². The van der Waals surface area contributed by atoms with E-state index >= 15 is 0 Å². The monoisotopic (exact) mass is 370 g/mol. The molecule has 0 saturated carbocycles. The molecule has 1 aromatic carbocycles. The van der Waals surface area contributed by atoms with Gasteiger partial charge >= 0.3 is 6.03 Å². The molecule has 1 fully saturated rings. The molecule has 0 aliphatic carbocycles. The zero-order valence-corrected chi connectivity index (χ0v) is 15.7. The largest absolute Gasteiger partial charge is 0.487 e. The van der Waals surface area contributed by atoms with Gasteiger partial charge in [-0.2, -0.15) is 0 Å². The smallest absolute Gasteiger partial charge is 0.319 e. The summed E-state index contributed by atoms with van der Waals surface area (Å²) in [7, 11) is 2.02. The molecule has 27 heavy (non-hydrogen) atoms. The molecule has 2 atom stereocenters. The lowest BCUT2D eigenvalue weighted by atomic mass is 10.2. The second-order valence-electron chi connectivity index (χ2n) is 6.55. The molecule has 7 nitrogen and oxygen atoms in total. The summed E-state index contributed by atoms with van der Waals surface area (Å²) in [6, 6.07) is 12.7. The Morgan fingerprint density at radius 3 is 2.74 bits per heavy atom. The second kappa shape index (κ2) is 9.34. The number of likely N-dealkylation sites (tertiary alicyclic amines) is 1. The number of pyridine rings is 1. The lowest BCUT2D eigenvalue weighted by molar-refractivity contribution is 0.0568. The van der Waals surface area contributed by atoms with Gasteiger partial charge in [-0.25, -0.2) is 4.79 Å². The number of hydrogen-bond donors (Lipinski definition) is 2. The molecule has 2 unspecified atom stereocenters. The van der Waals surface area contributed by atoms with E-state index in [1.54, 1.807) is 6.20 Å². The molecule has 1 saturated heterocycles. The Bertz CT molecular complexity index is 724. The van der Waals surface area contributed by atoms with E-state index in [2.05, 4.69) is 20.5 Å². The number of hydrogen-bond acceptors (Lipinski definition) is 5. The van der Waals surface area contributed by atoms with Crippen LogP contribution >= 0.6 is 0 Å². The van der Waals surface area contributed by atoms with Gasteiger partial charge < -0.3 is 25.0 Å². The van der Waals surface area contributed by atoms with Crippen LogP contribution in [0.25, 0.3) is 0 Å². The first kappa shape index (κ1) is 19.1. The number of urea groups is 1. The van der Waals surface area contributed by atoms with Crippen LogP contribution in [0.2, 0.25) is 0 Å². The average molecular weight is 370 g/mol. The zero-order valence-electron chi connectivity index (χ0n) is 15.7. The first-order valence-corrected chi connectivity index (χ1v) is 9.14. The van der Waals surface area contributed by atoms with E-state index in [0.717, 1.165) is 24.5 Å². The van der Waals surface area contributed by atoms with E-state index in [4.69, 9.17) is 9.47 Å². The fourth-order valence-corrected chi connectivity index (χ4v) is 3.09. The molecule has 0 bridgehead atoms. The summed E-state index contributed by atoms with van der Waals surface area (Å²) < 4.78 is 11.4. The van der Waals surface area contributed by atoms with Crippen LogP contribution in [-0.2, 0) is 11.3 Å². The fraction of sp³-hybridized carbons (Fsp3) is 0.400. The van der Waals surface area contributed by atoms with Gasteiger partial charge in [0.2, 0.25) is 0 Å². The third kappa shape index (κ3) is 5.67.